The highest BCUT2D eigenvalue weighted by Crippen LogP contribution is 2.34. The molecule has 1 atom stereocenters. The molecule has 3 heteroatoms. The van der Waals surface area contributed by atoms with E-state index >= 15 is 0 Å². The number of hydrogen-bond acceptors (Lipinski definition) is 2. The number of hydrogen-bond donors (Lipinski definition) is 1. The molecule has 24 heavy (non-hydrogen) atoms. The van der Waals surface area contributed by atoms with Crippen LogP contribution in [0.3, 0.4) is 0 Å². The van der Waals surface area contributed by atoms with E-state index in [1.165, 1.54) is 0 Å². The summed E-state index contributed by atoms with van der Waals surface area (Å²) in [5.74, 6) is 6.99. The Hall–Kier alpha value is -2.73. The molecule has 2 aromatic carbocycles. The van der Waals surface area contributed by atoms with Gasteiger partial charge in [-0.3, -0.25) is 0 Å². The summed E-state index contributed by atoms with van der Waals surface area (Å²) < 4.78 is 2.11. The molecule has 0 aliphatic heterocycles. The SMILES string of the molecule is C[C@H](n1c(N)nc2ccc(C#Cc3ccccc3)cc21)C(C)(C)C. The molecule has 0 amide bonds. The van der Waals surface area contributed by atoms with Crippen molar-refractivity contribution in [3.63, 3.8) is 0 Å². The van der Waals surface area contributed by atoms with E-state index in [1.807, 2.05) is 42.5 Å². The zero-order valence-corrected chi connectivity index (χ0v) is 14.7. The van der Waals surface area contributed by atoms with E-state index in [0.29, 0.717) is 5.95 Å². The highest BCUT2D eigenvalue weighted by Gasteiger charge is 2.25. The summed E-state index contributed by atoms with van der Waals surface area (Å²) in [4.78, 5) is 4.50. The molecule has 0 aliphatic carbocycles. The van der Waals surface area contributed by atoms with Crippen molar-refractivity contribution in [2.24, 2.45) is 5.41 Å². The molecule has 0 bridgehead atoms. The number of nitrogens with zero attached hydrogens (tertiary/aromatic N) is 2. The average Bonchev–Trinajstić information content (AvgIpc) is 2.87. The first-order valence-corrected chi connectivity index (χ1v) is 8.21. The minimum absolute atomic E-state index is 0.0907. The summed E-state index contributed by atoms with van der Waals surface area (Å²) in [5.41, 5.74) is 10.2. The molecule has 1 heterocycles. The van der Waals surface area contributed by atoms with Crippen LogP contribution < -0.4 is 5.73 Å². The molecule has 0 radical (unpaired) electrons. The summed E-state index contributed by atoms with van der Waals surface area (Å²) in [6.07, 6.45) is 0. The predicted molar refractivity (Wildman–Crippen MR) is 101 cm³/mol. The molecule has 0 saturated carbocycles. The van der Waals surface area contributed by atoms with Crippen LogP contribution in [0.2, 0.25) is 0 Å². The van der Waals surface area contributed by atoms with Gasteiger partial charge < -0.3 is 10.3 Å². The Kier molecular flexibility index (Phi) is 4.07. The van der Waals surface area contributed by atoms with E-state index in [4.69, 9.17) is 5.73 Å². The van der Waals surface area contributed by atoms with E-state index in [-0.39, 0.29) is 11.5 Å². The fourth-order valence-electron chi connectivity index (χ4n) is 2.65. The number of benzene rings is 2. The maximum absolute atomic E-state index is 6.18. The van der Waals surface area contributed by atoms with Crippen LogP contribution in [0.1, 0.15) is 44.9 Å². The number of fused-ring (bicyclic) bond motifs is 1. The number of nitrogens with two attached hydrogens (primary N) is 1. The molecule has 0 spiro atoms. The lowest BCUT2D eigenvalue weighted by Crippen LogP contribution is -2.22. The lowest BCUT2D eigenvalue weighted by atomic mass is 9.88. The molecule has 3 aromatic rings. The normalized spacial score (nSPS) is 12.7. The van der Waals surface area contributed by atoms with Crippen molar-refractivity contribution in [1.29, 1.82) is 0 Å². The second-order valence-electron chi connectivity index (χ2n) is 7.20. The fourth-order valence-corrected chi connectivity index (χ4v) is 2.65. The van der Waals surface area contributed by atoms with Crippen LogP contribution in [0.4, 0.5) is 5.95 Å². The Morgan fingerprint density at radius 3 is 2.33 bits per heavy atom. The van der Waals surface area contributed by atoms with Crippen LogP contribution in [-0.2, 0) is 0 Å². The summed E-state index contributed by atoms with van der Waals surface area (Å²) in [7, 11) is 0. The Morgan fingerprint density at radius 1 is 1.00 bits per heavy atom. The van der Waals surface area contributed by atoms with Gasteiger partial charge in [-0.05, 0) is 42.7 Å². The van der Waals surface area contributed by atoms with Crippen LogP contribution in [0, 0.1) is 17.3 Å². The quantitative estimate of drug-likeness (QED) is 0.665. The monoisotopic (exact) mass is 317 g/mol. The average molecular weight is 317 g/mol. The van der Waals surface area contributed by atoms with Crippen LogP contribution in [0.15, 0.2) is 48.5 Å². The van der Waals surface area contributed by atoms with Crippen molar-refractivity contribution in [1.82, 2.24) is 9.55 Å². The smallest absolute Gasteiger partial charge is 0.201 e. The number of nitrogen functional groups attached to an aromatic ring is 1. The first-order valence-electron chi connectivity index (χ1n) is 8.21. The lowest BCUT2D eigenvalue weighted by Gasteiger charge is -2.29. The third kappa shape index (κ3) is 3.14. The van der Waals surface area contributed by atoms with Crippen molar-refractivity contribution >= 4 is 17.0 Å². The van der Waals surface area contributed by atoms with Crippen molar-refractivity contribution in [2.45, 2.75) is 33.7 Å². The molecule has 122 valence electrons. The molecule has 3 nitrogen and oxygen atoms in total. The minimum atomic E-state index is 0.0907. The molecule has 2 N–H and O–H groups in total. The van der Waals surface area contributed by atoms with Gasteiger partial charge in [-0.2, -0.15) is 0 Å². The van der Waals surface area contributed by atoms with Crippen LogP contribution in [0.25, 0.3) is 11.0 Å². The van der Waals surface area contributed by atoms with Crippen LogP contribution in [-0.4, -0.2) is 9.55 Å². The van der Waals surface area contributed by atoms with Gasteiger partial charge in [0.05, 0.1) is 11.0 Å². The van der Waals surface area contributed by atoms with Gasteiger partial charge in [0.2, 0.25) is 5.95 Å². The molecule has 0 saturated heterocycles. The first kappa shape index (κ1) is 16.1. The van der Waals surface area contributed by atoms with Gasteiger partial charge in [0.25, 0.3) is 0 Å². The first-order chi connectivity index (χ1) is 11.4. The second-order valence-corrected chi connectivity index (χ2v) is 7.20. The van der Waals surface area contributed by atoms with Gasteiger partial charge in [-0.25, -0.2) is 4.98 Å². The van der Waals surface area contributed by atoms with E-state index in [0.717, 1.165) is 22.2 Å². The zero-order chi connectivity index (χ0) is 17.3. The van der Waals surface area contributed by atoms with Gasteiger partial charge >= 0.3 is 0 Å². The minimum Gasteiger partial charge on any atom is -0.369 e. The topological polar surface area (TPSA) is 43.8 Å². The molecule has 0 fully saturated rings. The molecular weight excluding hydrogens is 294 g/mol. The van der Waals surface area contributed by atoms with Gasteiger partial charge in [0.15, 0.2) is 0 Å². The van der Waals surface area contributed by atoms with E-state index in [1.54, 1.807) is 0 Å². The number of imidazole rings is 1. The molecule has 3 rings (SSSR count). The maximum Gasteiger partial charge on any atom is 0.201 e. The summed E-state index contributed by atoms with van der Waals surface area (Å²) in [6, 6.07) is 16.3. The van der Waals surface area contributed by atoms with Crippen molar-refractivity contribution in [3.8, 4) is 11.8 Å². The maximum atomic E-state index is 6.18. The van der Waals surface area contributed by atoms with E-state index in [9.17, 15) is 0 Å². The Bertz CT molecular complexity index is 919. The summed E-state index contributed by atoms with van der Waals surface area (Å²) in [5, 5.41) is 0. The number of rotatable bonds is 1. The van der Waals surface area contributed by atoms with Crippen molar-refractivity contribution in [3.05, 3.63) is 59.7 Å². The summed E-state index contributed by atoms with van der Waals surface area (Å²) >= 11 is 0. The third-order valence-corrected chi connectivity index (χ3v) is 4.48. The zero-order valence-electron chi connectivity index (χ0n) is 14.7. The molecular formula is C21H23N3. The Labute approximate surface area is 143 Å². The van der Waals surface area contributed by atoms with Gasteiger partial charge in [-0.1, -0.05) is 50.8 Å². The highest BCUT2D eigenvalue weighted by atomic mass is 15.2. The van der Waals surface area contributed by atoms with Crippen molar-refractivity contribution in [2.75, 3.05) is 5.73 Å². The molecule has 1 aromatic heterocycles. The van der Waals surface area contributed by atoms with Gasteiger partial charge in [-0.15, -0.1) is 0 Å². The fraction of sp³-hybridized carbons (Fsp3) is 0.286. The predicted octanol–water partition coefficient (Wildman–Crippen LogP) is 4.63. The number of aromatic nitrogens is 2. The third-order valence-electron chi connectivity index (χ3n) is 4.48. The van der Waals surface area contributed by atoms with Crippen molar-refractivity contribution < 1.29 is 0 Å². The number of anilines is 1. The Morgan fingerprint density at radius 2 is 1.67 bits per heavy atom. The highest BCUT2D eigenvalue weighted by molar-refractivity contribution is 5.80. The lowest BCUT2D eigenvalue weighted by molar-refractivity contribution is 0.270. The Balaban J connectivity index is 2.06. The van der Waals surface area contributed by atoms with E-state index < -0.39 is 0 Å². The molecule has 0 aliphatic rings. The van der Waals surface area contributed by atoms with Gasteiger partial charge in [0.1, 0.15) is 0 Å². The van der Waals surface area contributed by atoms with Gasteiger partial charge in [0, 0.05) is 17.2 Å². The second kappa shape index (κ2) is 6.05. The standard InChI is InChI=1S/C21H23N3/c1-15(21(2,3)4)24-19-14-17(12-13-18(19)23-20(24)22)11-10-16-8-6-5-7-9-16/h5-9,12-15H,1-4H3,(H2,22,23)/t15-/m0/s1. The molecule has 0 unspecified atom stereocenters. The largest absolute Gasteiger partial charge is 0.369 e. The van der Waals surface area contributed by atoms with Crippen LogP contribution in [0.5, 0.6) is 0 Å². The summed E-state index contributed by atoms with van der Waals surface area (Å²) in [6.45, 7) is 8.81. The van der Waals surface area contributed by atoms with Crippen LogP contribution >= 0.6 is 0 Å². The van der Waals surface area contributed by atoms with E-state index in [2.05, 4.69) is 55.2 Å².